The summed E-state index contributed by atoms with van der Waals surface area (Å²) in [6, 6.07) is 8.30. The maximum absolute atomic E-state index is 9.38. The predicted molar refractivity (Wildman–Crippen MR) is 67.0 cm³/mol. The van der Waals surface area contributed by atoms with E-state index >= 15 is 0 Å². The highest BCUT2D eigenvalue weighted by Gasteiger charge is 2.26. The molecule has 0 radical (unpaired) electrons. The summed E-state index contributed by atoms with van der Waals surface area (Å²) in [4.78, 5) is 2.18. The SMILES string of the molecule is OCC1CCCN1c1nncc2ccccc12. The first-order valence-electron chi connectivity index (χ1n) is 5.98. The fraction of sp³-hybridized carbons (Fsp3) is 0.385. The molecule has 1 aliphatic rings. The van der Waals surface area contributed by atoms with Gasteiger partial charge in [-0.3, -0.25) is 0 Å². The van der Waals surface area contributed by atoms with Crippen LogP contribution in [0.5, 0.6) is 0 Å². The van der Waals surface area contributed by atoms with E-state index in [0.717, 1.165) is 36.0 Å². The van der Waals surface area contributed by atoms with Crippen molar-refractivity contribution >= 4 is 16.6 Å². The summed E-state index contributed by atoms with van der Waals surface area (Å²) in [7, 11) is 0. The second kappa shape index (κ2) is 4.30. The Morgan fingerprint density at radius 3 is 3.12 bits per heavy atom. The zero-order valence-electron chi connectivity index (χ0n) is 9.58. The average molecular weight is 229 g/mol. The number of benzene rings is 1. The van der Waals surface area contributed by atoms with Crippen LogP contribution in [-0.2, 0) is 0 Å². The van der Waals surface area contributed by atoms with E-state index in [1.165, 1.54) is 0 Å². The Morgan fingerprint density at radius 2 is 2.24 bits per heavy atom. The number of nitrogens with zero attached hydrogens (tertiary/aromatic N) is 3. The molecule has 2 aromatic rings. The van der Waals surface area contributed by atoms with Crippen LogP contribution in [0.4, 0.5) is 5.82 Å². The van der Waals surface area contributed by atoms with Crippen LogP contribution in [0, 0.1) is 0 Å². The van der Waals surface area contributed by atoms with E-state index in [1.807, 2.05) is 18.2 Å². The van der Waals surface area contributed by atoms with Gasteiger partial charge in [0, 0.05) is 17.3 Å². The molecule has 0 amide bonds. The molecule has 1 saturated heterocycles. The number of rotatable bonds is 2. The molecular weight excluding hydrogens is 214 g/mol. The number of aliphatic hydroxyl groups is 1. The van der Waals surface area contributed by atoms with Crippen molar-refractivity contribution in [2.75, 3.05) is 18.1 Å². The molecule has 0 saturated carbocycles. The van der Waals surface area contributed by atoms with Crippen molar-refractivity contribution in [3.8, 4) is 0 Å². The summed E-state index contributed by atoms with van der Waals surface area (Å²) in [5.41, 5.74) is 0. The third-order valence-electron chi connectivity index (χ3n) is 3.41. The Balaban J connectivity index is 2.10. The molecule has 0 aliphatic carbocycles. The zero-order chi connectivity index (χ0) is 11.7. The minimum Gasteiger partial charge on any atom is -0.394 e. The Kier molecular flexibility index (Phi) is 2.65. The number of fused-ring (bicyclic) bond motifs is 1. The van der Waals surface area contributed by atoms with Gasteiger partial charge in [-0.2, -0.15) is 5.10 Å². The van der Waals surface area contributed by atoms with Crippen molar-refractivity contribution in [2.24, 2.45) is 0 Å². The van der Waals surface area contributed by atoms with Gasteiger partial charge in [0.15, 0.2) is 5.82 Å². The lowest BCUT2D eigenvalue weighted by Gasteiger charge is -2.24. The molecule has 1 atom stereocenters. The van der Waals surface area contributed by atoms with Gasteiger partial charge in [-0.1, -0.05) is 24.3 Å². The van der Waals surface area contributed by atoms with Crippen LogP contribution in [0.1, 0.15) is 12.8 Å². The van der Waals surface area contributed by atoms with Gasteiger partial charge >= 0.3 is 0 Å². The summed E-state index contributed by atoms with van der Waals surface area (Å²) < 4.78 is 0. The van der Waals surface area contributed by atoms with Crippen molar-refractivity contribution in [2.45, 2.75) is 18.9 Å². The topological polar surface area (TPSA) is 49.2 Å². The molecule has 1 fully saturated rings. The molecule has 88 valence electrons. The Morgan fingerprint density at radius 1 is 1.35 bits per heavy atom. The molecule has 1 N–H and O–H groups in total. The monoisotopic (exact) mass is 229 g/mol. The summed E-state index contributed by atoms with van der Waals surface area (Å²) in [6.07, 6.45) is 3.92. The molecule has 1 unspecified atom stereocenters. The first kappa shape index (κ1) is 10.5. The van der Waals surface area contributed by atoms with Gasteiger partial charge < -0.3 is 10.0 Å². The fourth-order valence-electron chi connectivity index (χ4n) is 2.53. The quantitative estimate of drug-likeness (QED) is 0.849. The Hall–Kier alpha value is -1.68. The third kappa shape index (κ3) is 1.74. The lowest BCUT2D eigenvalue weighted by atomic mass is 10.1. The lowest BCUT2D eigenvalue weighted by molar-refractivity contribution is 0.266. The van der Waals surface area contributed by atoms with Gasteiger partial charge in [0.1, 0.15) is 0 Å². The van der Waals surface area contributed by atoms with Gasteiger partial charge in [0.2, 0.25) is 0 Å². The third-order valence-corrected chi connectivity index (χ3v) is 3.41. The number of aliphatic hydroxyl groups excluding tert-OH is 1. The van der Waals surface area contributed by atoms with Gasteiger partial charge in [-0.15, -0.1) is 5.10 Å². The number of hydrogen-bond acceptors (Lipinski definition) is 4. The van der Waals surface area contributed by atoms with E-state index in [0.29, 0.717) is 0 Å². The summed E-state index contributed by atoms with van der Waals surface area (Å²) in [6.45, 7) is 1.14. The molecule has 3 rings (SSSR count). The lowest BCUT2D eigenvalue weighted by Crippen LogP contribution is -2.33. The molecule has 2 heterocycles. The number of hydrogen-bond donors (Lipinski definition) is 1. The van der Waals surface area contributed by atoms with Crippen LogP contribution in [0.3, 0.4) is 0 Å². The zero-order valence-corrected chi connectivity index (χ0v) is 9.58. The Labute approximate surface area is 99.9 Å². The van der Waals surface area contributed by atoms with Crippen LogP contribution in [0.25, 0.3) is 10.8 Å². The van der Waals surface area contributed by atoms with Crippen LogP contribution < -0.4 is 4.90 Å². The maximum Gasteiger partial charge on any atom is 0.159 e. The Bertz CT molecular complexity index is 524. The van der Waals surface area contributed by atoms with Gasteiger partial charge in [-0.05, 0) is 12.8 Å². The summed E-state index contributed by atoms with van der Waals surface area (Å²) >= 11 is 0. The molecule has 4 nitrogen and oxygen atoms in total. The van der Waals surface area contributed by atoms with Crippen molar-refractivity contribution in [1.29, 1.82) is 0 Å². The first-order valence-corrected chi connectivity index (χ1v) is 5.98. The van der Waals surface area contributed by atoms with Crippen molar-refractivity contribution < 1.29 is 5.11 Å². The summed E-state index contributed by atoms with van der Waals surface area (Å²) in [5.74, 6) is 0.902. The largest absolute Gasteiger partial charge is 0.394 e. The van der Waals surface area contributed by atoms with E-state index in [1.54, 1.807) is 6.20 Å². The smallest absolute Gasteiger partial charge is 0.159 e. The minimum absolute atomic E-state index is 0.185. The minimum atomic E-state index is 0.185. The van der Waals surface area contributed by atoms with E-state index in [-0.39, 0.29) is 12.6 Å². The van der Waals surface area contributed by atoms with E-state index < -0.39 is 0 Å². The van der Waals surface area contributed by atoms with Crippen LogP contribution in [0.15, 0.2) is 30.5 Å². The van der Waals surface area contributed by atoms with Crippen molar-refractivity contribution in [1.82, 2.24) is 10.2 Å². The van der Waals surface area contributed by atoms with Crippen molar-refractivity contribution in [3.05, 3.63) is 30.5 Å². The molecule has 4 heteroatoms. The van der Waals surface area contributed by atoms with Crippen LogP contribution in [-0.4, -0.2) is 34.5 Å². The van der Waals surface area contributed by atoms with Gasteiger partial charge in [0.05, 0.1) is 18.8 Å². The maximum atomic E-state index is 9.38. The highest BCUT2D eigenvalue weighted by molar-refractivity contribution is 5.91. The van der Waals surface area contributed by atoms with Gasteiger partial charge in [0.25, 0.3) is 0 Å². The number of anilines is 1. The molecular formula is C13H15N3O. The van der Waals surface area contributed by atoms with Crippen molar-refractivity contribution in [3.63, 3.8) is 0 Å². The van der Waals surface area contributed by atoms with E-state index in [9.17, 15) is 5.11 Å². The first-order chi connectivity index (χ1) is 8.40. The van der Waals surface area contributed by atoms with Crippen LogP contribution >= 0.6 is 0 Å². The van der Waals surface area contributed by atoms with Crippen LogP contribution in [0.2, 0.25) is 0 Å². The molecule has 0 spiro atoms. The molecule has 1 aliphatic heterocycles. The molecule has 1 aromatic heterocycles. The molecule has 1 aromatic carbocycles. The van der Waals surface area contributed by atoms with Gasteiger partial charge in [-0.25, -0.2) is 0 Å². The molecule has 17 heavy (non-hydrogen) atoms. The van der Waals surface area contributed by atoms with E-state index in [4.69, 9.17) is 0 Å². The standard InChI is InChI=1S/C13H15N3O/c17-9-11-5-3-7-16(11)13-12-6-2-1-4-10(12)8-14-15-13/h1-2,4,6,8,11,17H,3,5,7,9H2. The molecule has 0 bridgehead atoms. The second-order valence-corrected chi connectivity index (χ2v) is 4.43. The highest BCUT2D eigenvalue weighted by atomic mass is 16.3. The average Bonchev–Trinajstić information content (AvgIpc) is 2.86. The number of aromatic nitrogens is 2. The summed E-state index contributed by atoms with van der Waals surface area (Å²) in [5, 5.41) is 19.9. The second-order valence-electron chi connectivity index (χ2n) is 4.43. The normalized spacial score (nSPS) is 20.1. The van der Waals surface area contributed by atoms with E-state index in [2.05, 4.69) is 21.2 Å². The predicted octanol–water partition coefficient (Wildman–Crippen LogP) is 1.59. The fourth-order valence-corrected chi connectivity index (χ4v) is 2.53. The highest BCUT2D eigenvalue weighted by Crippen LogP contribution is 2.29.